The summed E-state index contributed by atoms with van der Waals surface area (Å²) in [5.74, 6) is 1.09. The lowest BCUT2D eigenvalue weighted by Gasteiger charge is -2.36. The van der Waals surface area contributed by atoms with Crippen LogP contribution in [0.3, 0.4) is 0 Å². The summed E-state index contributed by atoms with van der Waals surface area (Å²) >= 11 is 0. The fraction of sp³-hybridized carbons (Fsp3) is 0.261. The molecule has 0 unspecified atom stereocenters. The molecule has 0 radical (unpaired) electrons. The number of anilines is 3. The van der Waals surface area contributed by atoms with Crippen molar-refractivity contribution >= 4 is 23.2 Å². The van der Waals surface area contributed by atoms with Crippen molar-refractivity contribution in [1.82, 2.24) is 9.97 Å². The van der Waals surface area contributed by atoms with Crippen molar-refractivity contribution in [2.75, 3.05) is 41.3 Å². The summed E-state index contributed by atoms with van der Waals surface area (Å²) in [5, 5.41) is 2.80. The Kier molecular flexibility index (Phi) is 6.08. The number of ether oxygens (including phenoxy) is 1. The van der Waals surface area contributed by atoms with Crippen molar-refractivity contribution in [3.05, 3.63) is 73.1 Å². The molecule has 1 aliphatic heterocycles. The molecule has 1 atom stereocenters. The maximum atomic E-state index is 12.4. The molecule has 154 valence electrons. The van der Waals surface area contributed by atoms with Crippen LogP contribution in [0.1, 0.15) is 6.92 Å². The second kappa shape index (κ2) is 9.26. The third kappa shape index (κ3) is 4.86. The second-order valence-electron chi connectivity index (χ2n) is 7.14. The summed E-state index contributed by atoms with van der Waals surface area (Å²) in [6.45, 7) is 5.25. The van der Waals surface area contributed by atoms with E-state index in [1.807, 2.05) is 36.4 Å². The fourth-order valence-electron chi connectivity index (χ4n) is 3.35. The van der Waals surface area contributed by atoms with Crippen molar-refractivity contribution < 1.29 is 9.53 Å². The van der Waals surface area contributed by atoms with Crippen LogP contribution in [-0.2, 0) is 4.79 Å². The van der Waals surface area contributed by atoms with Crippen molar-refractivity contribution in [3.8, 4) is 5.75 Å². The third-order valence-electron chi connectivity index (χ3n) is 5.01. The maximum absolute atomic E-state index is 12.4. The minimum absolute atomic E-state index is 0.244. The number of amides is 1. The van der Waals surface area contributed by atoms with Gasteiger partial charge in [0.25, 0.3) is 5.91 Å². The molecular weight excluding hydrogens is 378 g/mol. The van der Waals surface area contributed by atoms with Gasteiger partial charge in [0.2, 0.25) is 5.95 Å². The molecule has 30 heavy (non-hydrogen) atoms. The number of benzene rings is 2. The highest BCUT2D eigenvalue weighted by molar-refractivity contribution is 5.93. The van der Waals surface area contributed by atoms with Gasteiger partial charge in [-0.1, -0.05) is 36.4 Å². The highest BCUT2D eigenvalue weighted by Gasteiger charge is 2.20. The first-order valence-electron chi connectivity index (χ1n) is 10.1. The Labute approximate surface area is 176 Å². The van der Waals surface area contributed by atoms with E-state index in [9.17, 15) is 4.79 Å². The van der Waals surface area contributed by atoms with E-state index < -0.39 is 6.10 Å². The molecule has 1 aromatic heterocycles. The van der Waals surface area contributed by atoms with Crippen LogP contribution < -0.4 is 19.9 Å². The van der Waals surface area contributed by atoms with Crippen molar-refractivity contribution in [2.45, 2.75) is 13.0 Å². The lowest BCUT2D eigenvalue weighted by molar-refractivity contribution is -0.122. The predicted molar refractivity (Wildman–Crippen MR) is 118 cm³/mol. The van der Waals surface area contributed by atoms with E-state index in [1.165, 1.54) is 5.69 Å². The van der Waals surface area contributed by atoms with Gasteiger partial charge in [-0.25, -0.2) is 9.97 Å². The van der Waals surface area contributed by atoms with Gasteiger partial charge in [0.1, 0.15) is 5.75 Å². The molecule has 1 saturated heterocycles. The number of piperazine rings is 1. The van der Waals surface area contributed by atoms with E-state index in [0.717, 1.165) is 26.2 Å². The minimum Gasteiger partial charge on any atom is -0.481 e. The fourth-order valence-corrected chi connectivity index (χ4v) is 3.35. The standard InChI is InChI=1S/C23H25N5O2/c1-18(30-21-10-6-3-7-11-21)22(29)26-19-16-24-23(25-17-19)28-14-12-27(13-15-28)20-8-4-2-5-9-20/h2-11,16-18H,12-15H2,1H3,(H,26,29)/t18-/m0/s1. The number of para-hydroxylation sites is 2. The number of carbonyl (C=O) groups is 1. The highest BCUT2D eigenvalue weighted by atomic mass is 16.5. The van der Waals surface area contributed by atoms with Gasteiger partial charge >= 0.3 is 0 Å². The monoisotopic (exact) mass is 403 g/mol. The number of nitrogens with one attached hydrogen (secondary N) is 1. The Hall–Kier alpha value is -3.61. The summed E-state index contributed by atoms with van der Waals surface area (Å²) < 4.78 is 5.65. The van der Waals surface area contributed by atoms with Gasteiger partial charge in [0.05, 0.1) is 18.1 Å². The summed E-state index contributed by atoms with van der Waals surface area (Å²) in [5.41, 5.74) is 1.79. The second-order valence-corrected chi connectivity index (χ2v) is 7.14. The van der Waals surface area contributed by atoms with E-state index >= 15 is 0 Å². The maximum Gasteiger partial charge on any atom is 0.265 e. The number of hydrogen-bond acceptors (Lipinski definition) is 6. The van der Waals surface area contributed by atoms with E-state index in [-0.39, 0.29) is 5.91 Å². The van der Waals surface area contributed by atoms with Crippen LogP contribution in [-0.4, -0.2) is 48.2 Å². The van der Waals surface area contributed by atoms with Crippen molar-refractivity contribution in [2.24, 2.45) is 0 Å². The quantitative estimate of drug-likeness (QED) is 0.682. The van der Waals surface area contributed by atoms with Gasteiger partial charge in [-0.15, -0.1) is 0 Å². The van der Waals surface area contributed by atoms with E-state index in [2.05, 4.69) is 49.4 Å². The summed E-state index contributed by atoms with van der Waals surface area (Å²) in [7, 11) is 0. The smallest absolute Gasteiger partial charge is 0.265 e. The molecule has 0 aliphatic carbocycles. The third-order valence-corrected chi connectivity index (χ3v) is 5.01. The Bertz CT molecular complexity index is 942. The zero-order valence-corrected chi connectivity index (χ0v) is 16.9. The molecule has 7 nitrogen and oxygen atoms in total. The molecular formula is C23H25N5O2. The molecule has 0 saturated carbocycles. The van der Waals surface area contributed by atoms with Crippen LogP contribution >= 0.6 is 0 Å². The van der Waals surface area contributed by atoms with Crippen LogP contribution in [0, 0.1) is 0 Å². The zero-order valence-electron chi connectivity index (χ0n) is 16.9. The number of nitrogens with zero attached hydrogens (tertiary/aromatic N) is 4. The van der Waals surface area contributed by atoms with E-state index in [1.54, 1.807) is 19.3 Å². The minimum atomic E-state index is -0.627. The average molecular weight is 403 g/mol. The van der Waals surface area contributed by atoms with Crippen LogP contribution in [0.5, 0.6) is 5.75 Å². The Morgan fingerprint density at radius 1 is 0.900 bits per heavy atom. The molecule has 0 bridgehead atoms. The summed E-state index contributed by atoms with van der Waals surface area (Å²) in [6, 6.07) is 19.7. The summed E-state index contributed by atoms with van der Waals surface area (Å²) in [6.07, 6.45) is 2.65. The molecule has 4 rings (SSSR count). The predicted octanol–water partition coefficient (Wildman–Crippen LogP) is 3.21. The molecule has 1 fully saturated rings. The SMILES string of the molecule is C[C@H](Oc1ccccc1)C(=O)Nc1cnc(N2CCN(c3ccccc3)CC2)nc1. The lowest BCUT2D eigenvalue weighted by atomic mass is 10.2. The number of rotatable bonds is 6. The van der Waals surface area contributed by atoms with Crippen LogP contribution in [0.25, 0.3) is 0 Å². The van der Waals surface area contributed by atoms with Gasteiger partial charge in [-0.3, -0.25) is 4.79 Å². The van der Waals surface area contributed by atoms with E-state index in [0.29, 0.717) is 17.4 Å². The van der Waals surface area contributed by atoms with Gasteiger partial charge in [0.15, 0.2) is 6.10 Å². The molecule has 0 spiro atoms. The Morgan fingerprint density at radius 3 is 2.10 bits per heavy atom. The molecule has 3 aromatic rings. The van der Waals surface area contributed by atoms with Crippen molar-refractivity contribution in [3.63, 3.8) is 0 Å². The topological polar surface area (TPSA) is 70.6 Å². The lowest BCUT2D eigenvalue weighted by Crippen LogP contribution is -2.47. The Morgan fingerprint density at radius 2 is 1.47 bits per heavy atom. The van der Waals surface area contributed by atoms with Crippen LogP contribution in [0.2, 0.25) is 0 Å². The summed E-state index contributed by atoms with van der Waals surface area (Å²) in [4.78, 5) is 25.8. The average Bonchev–Trinajstić information content (AvgIpc) is 2.81. The zero-order chi connectivity index (χ0) is 20.8. The first-order valence-corrected chi connectivity index (χ1v) is 10.1. The molecule has 2 heterocycles. The van der Waals surface area contributed by atoms with Gasteiger partial charge in [0, 0.05) is 31.9 Å². The van der Waals surface area contributed by atoms with E-state index in [4.69, 9.17) is 4.74 Å². The number of carbonyl (C=O) groups excluding carboxylic acids is 1. The largest absolute Gasteiger partial charge is 0.481 e. The molecule has 2 aromatic carbocycles. The number of aromatic nitrogens is 2. The Balaban J connectivity index is 1.29. The van der Waals surface area contributed by atoms with Crippen LogP contribution in [0.15, 0.2) is 73.1 Å². The first kappa shape index (κ1) is 19.7. The molecule has 1 aliphatic rings. The highest BCUT2D eigenvalue weighted by Crippen LogP contribution is 2.18. The number of hydrogen-bond donors (Lipinski definition) is 1. The molecule has 7 heteroatoms. The molecule has 1 N–H and O–H groups in total. The van der Waals surface area contributed by atoms with Gasteiger partial charge in [-0.05, 0) is 31.2 Å². The van der Waals surface area contributed by atoms with Gasteiger partial charge < -0.3 is 19.9 Å². The van der Waals surface area contributed by atoms with Gasteiger partial charge in [-0.2, -0.15) is 0 Å². The molecule has 1 amide bonds. The van der Waals surface area contributed by atoms with Crippen molar-refractivity contribution in [1.29, 1.82) is 0 Å². The van der Waals surface area contributed by atoms with Crippen LogP contribution in [0.4, 0.5) is 17.3 Å². The first-order chi connectivity index (χ1) is 14.7. The normalized spacial score (nSPS) is 14.8.